The quantitative estimate of drug-likeness (QED) is 0.498. The molecule has 0 aliphatic heterocycles. The van der Waals surface area contributed by atoms with Crippen molar-refractivity contribution in [3.63, 3.8) is 0 Å². The summed E-state index contributed by atoms with van der Waals surface area (Å²) in [5.41, 5.74) is 1.16. The topological polar surface area (TPSA) is 4.93 Å². The highest BCUT2D eigenvalue weighted by Gasteiger charge is 2.04. The summed E-state index contributed by atoms with van der Waals surface area (Å²) in [4.78, 5) is 0. The van der Waals surface area contributed by atoms with Gasteiger partial charge in [-0.2, -0.15) is 0 Å². The highest BCUT2D eigenvalue weighted by atomic mass is 35.5. The van der Waals surface area contributed by atoms with Crippen LogP contribution in [0.4, 0.5) is 0 Å². The molecule has 0 aliphatic rings. The lowest BCUT2D eigenvalue weighted by atomic mass is 10.2. The summed E-state index contributed by atoms with van der Waals surface area (Å²) in [5.74, 6) is 0. The summed E-state index contributed by atoms with van der Waals surface area (Å²) in [5, 5.41) is 2.07. The molecule has 0 fully saturated rings. The van der Waals surface area contributed by atoms with E-state index in [0.717, 1.165) is 23.5 Å². The van der Waals surface area contributed by atoms with Gasteiger partial charge in [0.05, 0.1) is 10.5 Å². The van der Waals surface area contributed by atoms with Gasteiger partial charge in [0.1, 0.15) is 0 Å². The minimum atomic E-state index is 0.846. The van der Waals surface area contributed by atoms with Crippen LogP contribution in [0.15, 0.2) is 43.1 Å². The molecule has 0 atom stereocenters. The lowest BCUT2D eigenvalue weighted by Crippen LogP contribution is -1.96. The average molecular weight is 248 g/mol. The van der Waals surface area contributed by atoms with Crippen LogP contribution < -0.4 is 0 Å². The van der Waals surface area contributed by atoms with E-state index in [1.807, 2.05) is 18.2 Å². The van der Waals surface area contributed by atoms with E-state index in [4.69, 9.17) is 11.6 Å². The first-order valence-electron chi connectivity index (χ1n) is 6.17. The van der Waals surface area contributed by atoms with E-state index in [2.05, 4.69) is 29.5 Å². The van der Waals surface area contributed by atoms with Crippen LogP contribution in [0.1, 0.15) is 25.7 Å². The van der Waals surface area contributed by atoms with E-state index in [1.165, 1.54) is 24.6 Å². The van der Waals surface area contributed by atoms with Gasteiger partial charge in [0, 0.05) is 18.1 Å². The average Bonchev–Trinajstić information content (AvgIpc) is 2.74. The number of para-hydroxylation sites is 1. The van der Waals surface area contributed by atoms with Gasteiger partial charge in [-0.1, -0.05) is 36.2 Å². The monoisotopic (exact) mass is 247 g/mol. The van der Waals surface area contributed by atoms with Gasteiger partial charge in [-0.25, -0.2) is 0 Å². The highest BCUT2D eigenvalue weighted by Crippen LogP contribution is 2.24. The molecule has 0 radical (unpaired) electrons. The fourth-order valence-electron chi connectivity index (χ4n) is 2.15. The van der Waals surface area contributed by atoms with Crippen molar-refractivity contribution in [3.8, 4) is 0 Å². The van der Waals surface area contributed by atoms with Crippen LogP contribution in [0, 0.1) is 0 Å². The van der Waals surface area contributed by atoms with Gasteiger partial charge < -0.3 is 4.57 Å². The summed E-state index contributed by atoms with van der Waals surface area (Å²) in [6.45, 7) is 4.78. The van der Waals surface area contributed by atoms with Crippen molar-refractivity contribution in [1.82, 2.24) is 4.57 Å². The Morgan fingerprint density at radius 3 is 2.88 bits per heavy atom. The highest BCUT2D eigenvalue weighted by molar-refractivity contribution is 6.35. The van der Waals surface area contributed by atoms with E-state index in [1.54, 1.807) is 0 Å². The molecule has 2 rings (SSSR count). The number of aromatic nitrogens is 1. The molecule has 0 bridgehead atoms. The summed E-state index contributed by atoms with van der Waals surface area (Å²) < 4.78 is 2.26. The van der Waals surface area contributed by atoms with E-state index in [-0.39, 0.29) is 0 Å². The zero-order chi connectivity index (χ0) is 12.1. The Balaban J connectivity index is 2.01. The number of hydrogen-bond donors (Lipinski definition) is 0. The molecule has 1 nitrogen and oxygen atoms in total. The Morgan fingerprint density at radius 2 is 2.06 bits per heavy atom. The molecule has 0 spiro atoms. The molecule has 2 aromatic rings. The van der Waals surface area contributed by atoms with Gasteiger partial charge >= 0.3 is 0 Å². The van der Waals surface area contributed by atoms with Crippen molar-refractivity contribution >= 4 is 22.5 Å². The zero-order valence-corrected chi connectivity index (χ0v) is 10.8. The molecule has 0 saturated carbocycles. The third-order valence-electron chi connectivity index (χ3n) is 3.05. The smallest absolute Gasteiger partial charge is 0.0669 e. The molecule has 0 saturated heterocycles. The number of allylic oxidation sites excluding steroid dienone is 1. The Labute approximate surface area is 108 Å². The molecule has 1 aromatic carbocycles. The standard InChI is InChI=1S/C15H18ClN/c1-2-3-4-5-6-11-17-12-10-13-8-7-9-14(16)15(13)17/h2,7-10,12H,1,3-6,11H2. The Morgan fingerprint density at radius 1 is 1.18 bits per heavy atom. The first-order valence-corrected chi connectivity index (χ1v) is 6.55. The molecule has 0 unspecified atom stereocenters. The predicted molar refractivity (Wildman–Crippen MR) is 75.6 cm³/mol. The molecule has 0 aliphatic carbocycles. The van der Waals surface area contributed by atoms with E-state index >= 15 is 0 Å². The number of nitrogens with zero attached hydrogens (tertiary/aromatic N) is 1. The van der Waals surface area contributed by atoms with Gasteiger partial charge in [0.2, 0.25) is 0 Å². The van der Waals surface area contributed by atoms with Crippen LogP contribution >= 0.6 is 11.6 Å². The van der Waals surface area contributed by atoms with Gasteiger partial charge in [0.15, 0.2) is 0 Å². The minimum Gasteiger partial charge on any atom is -0.346 e. The Hall–Kier alpha value is -1.21. The van der Waals surface area contributed by atoms with Crippen molar-refractivity contribution < 1.29 is 0 Å². The summed E-state index contributed by atoms with van der Waals surface area (Å²) in [7, 11) is 0. The Kier molecular flexibility index (Phi) is 4.27. The van der Waals surface area contributed by atoms with Crippen LogP contribution in [-0.4, -0.2) is 4.57 Å². The second-order valence-electron chi connectivity index (χ2n) is 4.32. The van der Waals surface area contributed by atoms with E-state index in [0.29, 0.717) is 0 Å². The maximum Gasteiger partial charge on any atom is 0.0669 e. The van der Waals surface area contributed by atoms with Crippen LogP contribution in [-0.2, 0) is 6.54 Å². The summed E-state index contributed by atoms with van der Waals surface area (Å²) in [6.07, 6.45) is 8.91. The number of aryl methyl sites for hydroxylation is 1. The minimum absolute atomic E-state index is 0.846. The van der Waals surface area contributed by atoms with Crippen molar-refractivity contribution in [2.24, 2.45) is 0 Å². The lowest BCUT2D eigenvalue weighted by molar-refractivity contribution is 0.603. The maximum atomic E-state index is 6.23. The molecule has 17 heavy (non-hydrogen) atoms. The number of benzene rings is 1. The lowest BCUT2D eigenvalue weighted by Gasteiger charge is -2.06. The molecule has 2 heteroatoms. The third kappa shape index (κ3) is 2.92. The molecule has 0 N–H and O–H groups in total. The van der Waals surface area contributed by atoms with E-state index in [9.17, 15) is 0 Å². The maximum absolute atomic E-state index is 6.23. The second kappa shape index (κ2) is 5.92. The van der Waals surface area contributed by atoms with Crippen LogP contribution in [0.25, 0.3) is 10.9 Å². The van der Waals surface area contributed by atoms with Gasteiger partial charge in [0.25, 0.3) is 0 Å². The molecular formula is C15H18ClN. The predicted octanol–water partition coefficient (Wildman–Crippen LogP) is 5.04. The number of fused-ring (bicyclic) bond motifs is 1. The van der Waals surface area contributed by atoms with Crippen LogP contribution in [0.2, 0.25) is 5.02 Å². The second-order valence-corrected chi connectivity index (χ2v) is 4.73. The van der Waals surface area contributed by atoms with Gasteiger partial charge in [-0.15, -0.1) is 6.58 Å². The van der Waals surface area contributed by atoms with Crippen molar-refractivity contribution in [2.75, 3.05) is 0 Å². The van der Waals surface area contributed by atoms with Crippen molar-refractivity contribution in [2.45, 2.75) is 32.2 Å². The fraction of sp³-hybridized carbons (Fsp3) is 0.333. The first-order chi connectivity index (χ1) is 8.33. The molecule has 1 heterocycles. The molecule has 0 amide bonds. The van der Waals surface area contributed by atoms with E-state index < -0.39 is 0 Å². The van der Waals surface area contributed by atoms with Crippen LogP contribution in [0.5, 0.6) is 0 Å². The van der Waals surface area contributed by atoms with Crippen molar-refractivity contribution in [3.05, 3.63) is 48.1 Å². The number of halogens is 1. The fourth-order valence-corrected chi connectivity index (χ4v) is 2.44. The van der Waals surface area contributed by atoms with Crippen molar-refractivity contribution in [1.29, 1.82) is 0 Å². The van der Waals surface area contributed by atoms with Crippen LogP contribution in [0.3, 0.4) is 0 Å². The SMILES string of the molecule is C=CCCCCCn1ccc2cccc(Cl)c21. The number of rotatable bonds is 6. The van der Waals surface area contributed by atoms with Gasteiger partial charge in [-0.3, -0.25) is 0 Å². The third-order valence-corrected chi connectivity index (χ3v) is 3.35. The molecule has 1 aromatic heterocycles. The normalized spacial score (nSPS) is 10.9. The summed E-state index contributed by atoms with van der Waals surface area (Å²) >= 11 is 6.23. The number of unbranched alkanes of at least 4 members (excludes halogenated alkanes) is 3. The molecule has 90 valence electrons. The first kappa shape index (κ1) is 12.3. The van der Waals surface area contributed by atoms with Gasteiger partial charge in [-0.05, 0) is 31.4 Å². The largest absolute Gasteiger partial charge is 0.346 e. The number of hydrogen-bond acceptors (Lipinski definition) is 0. The Bertz CT molecular complexity index is 499. The summed E-state index contributed by atoms with van der Waals surface area (Å²) in [6, 6.07) is 8.19. The molecular weight excluding hydrogens is 230 g/mol. The zero-order valence-electron chi connectivity index (χ0n) is 10.0.